The van der Waals surface area contributed by atoms with Crippen LogP contribution in [-0.4, -0.2) is 0 Å². The van der Waals surface area contributed by atoms with Crippen LogP contribution in [0.15, 0.2) is 29.3 Å². The second-order valence-corrected chi connectivity index (χ2v) is 2.49. The molecule has 0 aliphatic heterocycles. The summed E-state index contributed by atoms with van der Waals surface area (Å²) in [5, 5.41) is 0. The summed E-state index contributed by atoms with van der Waals surface area (Å²) in [6.07, 6.45) is 1.94. The van der Waals surface area contributed by atoms with E-state index >= 15 is 0 Å². The minimum atomic E-state index is 0.795. The standard InChI is InChI=1S/C8H8BrN/c9-5-4-7-2-1-3-8(10)6-7/h1-6H,10H2/b5-4-. The van der Waals surface area contributed by atoms with Gasteiger partial charge in [0.05, 0.1) is 0 Å². The first-order valence-electron chi connectivity index (χ1n) is 2.95. The molecular formula is C8H8BrN. The molecule has 0 radical (unpaired) electrons. The van der Waals surface area contributed by atoms with Gasteiger partial charge in [-0.25, -0.2) is 0 Å². The molecule has 52 valence electrons. The molecule has 0 atom stereocenters. The molecule has 2 N–H and O–H groups in total. The summed E-state index contributed by atoms with van der Waals surface area (Å²) in [6.45, 7) is 0. The molecule has 1 aromatic carbocycles. The fraction of sp³-hybridized carbons (Fsp3) is 0. The van der Waals surface area contributed by atoms with Gasteiger partial charge >= 0.3 is 0 Å². The van der Waals surface area contributed by atoms with Gasteiger partial charge in [0.15, 0.2) is 0 Å². The first-order chi connectivity index (χ1) is 4.83. The maximum atomic E-state index is 5.54. The van der Waals surface area contributed by atoms with E-state index in [1.54, 1.807) is 0 Å². The Hall–Kier alpha value is -0.760. The van der Waals surface area contributed by atoms with E-state index in [9.17, 15) is 0 Å². The van der Waals surface area contributed by atoms with Crippen LogP contribution in [0.1, 0.15) is 5.56 Å². The van der Waals surface area contributed by atoms with Gasteiger partial charge in [-0.05, 0) is 28.8 Å². The normalized spacial score (nSPS) is 10.5. The number of benzene rings is 1. The predicted octanol–water partition coefficient (Wildman–Crippen LogP) is 2.63. The topological polar surface area (TPSA) is 26.0 Å². The number of hydrogen-bond donors (Lipinski definition) is 1. The van der Waals surface area contributed by atoms with Crippen LogP contribution >= 0.6 is 15.9 Å². The summed E-state index contributed by atoms with van der Waals surface area (Å²) in [5.41, 5.74) is 7.44. The van der Waals surface area contributed by atoms with E-state index in [-0.39, 0.29) is 0 Å². The molecular weight excluding hydrogens is 190 g/mol. The summed E-state index contributed by atoms with van der Waals surface area (Å²) in [4.78, 5) is 1.81. The highest BCUT2D eigenvalue weighted by Crippen LogP contribution is 2.08. The highest BCUT2D eigenvalue weighted by atomic mass is 79.9. The lowest BCUT2D eigenvalue weighted by Gasteiger charge is -1.93. The van der Waals surface area contributed by atoms with Crippen LogP contribution < -0.4 is 5.73 Å². The van der Waals surface area contributed by atoms with Crippen molar-refractivity contribution in [3.63, 3.8) is 0 Å². The van der Waals surface area contributed by atoms with Crippen LogP contribution in [0.4, 0.5) is 5.69 Å². The summed E-state index contributed by atoms with van der Waals surface area (Å²) in [7, 11) is 0. The Bertz CT molecular complexity index is 243. The average molecular weight is 198 g/mol. The molecule has 0 saturated heterocycles. The molecule has 0 spiro atoms. The Morgan fingerprint density at radius 3 is 2.80 bits per heavy atom. The molecule has 0 aliphatic carbocycles. The van der Waals surface area contributed by atoms with Crippen molar-refractivity contribution in [1.82, 2.24) is 0 Å². The van der Waals surface area contributed by atoms with Gasteiger partial charge < -0.3 is 5.73 Å². The molecule has 1 nitrogen and oxygen atoms in total. The predicted molar refractivity (Wildman–Crippen MR) is 48.8 cm³/mol. The lowest BCUT2D eigenvalue weighted by atomic mass is 10.2. The Kier molecular flexibility index (Phi) is 2.51. The van der Waals surface area contributed by atoms with Crippen molar-refractivity contribution in [2.75, 3.05) is 5.73 Å². The number of nitrogens with two attached hydrogens (primary N) is 1. The average Bonchev–Trinajstić information content (AvgIpc) is 1.88. The van der Waals surface area contributed by atoms with Gasteiger partial charge in [0.2, 0.25) is 0 Å². The van der Waals surface area contributed by atoms with Gasteiger partial charge in [0.1, 0.15) is 0 Å². The van der Waals surface area contributed by atoms with Gasteiger partial charge in [-0.2, -0.15) is 0 Å². The molecule has 0 fully saturated rings. The van der Waals surface area contributed by atoms with Gasteiger partial charge in [0.25, 0.3) is 0 Å². The highest BCUT2D eigenvalue weighted by Gasteiger charge is 1.85. The van der Waals surface area contributed by atoms with E-state index in [0.717, 1.165) is 11.3 Å². The Morgan fingerprint density at radius 1 is 1.40 bits per heavy atom. The molecule has 2 heteroatoms. The molecule has 0 aliphatic rings. The van der Waals surface area contributed by atoms with Crippen molar-refractivity contribution in [3.8, 4) is 0 Å². The van der Waals surface area contributed by atoms with Crippen LogP contribution in [0, 0.1) is 0 Å². The van der Waals surface area contributed by atoms with E-state index in [2.05, 4.69) is 15.9 Å². The third-order valence-electron chi connectivity index (χ3n) is 1.17. The summed E-state index contributed by atoms with van der Waals surface area (Å²) < 4.78 is 0. The summed E-state index contributed by atoms with van der Waals surface area (Å²) in [6, 6.07) is 7.70. The van der Waals surface area contributed by atoms with Crippen molar-refractivity contribution in [3.05, 3.63) is 34.8 Å². The zero-order chi connectivity index (χ0) is 7.40. The Labute approximate surface area is 68.7 Å². The maximum Gasteiger partial charge on any atom is 0.0319 e. The molecule has 1 aromatic rings. The van der Waals surface area contributed by atoms with Crippen molar-refractivity contribution in [2.45, 2.75) is 0 Å². The van der Waals surface area contributed by atoms with Crippen LogP contribution in [0.3, 0.4) is 0 Å². The molecule has 0 amide bonds. The van der Waals surface area contributed by atoms with Crippen molar-refractivity contribution < 1.29 is 0 Å². The van der Waals surface area contributed by atoms with E-state index in [1.165, 1.54) is 0 Å². The molecule has 10 heavy (non-hydrogen) atoms. The van der Waals surface area contributed by atoms with Gasteiger partial charge in [-0.3, -0.25) is 0 Å². The van der Waals surface area contributed by atoms with Crippen LogP contribution in [0.5, 0.6) is 0 Å². The first-order valence-corrected chi connectivity index (χ1v) is 3.87. The number of nitrogen functional groups attached to an aromatic ring is 1. The SMILES string of the molecule is Nc1cccc(/C=C\Br)c1. The first kappa shape index (κ1) is 7.35. The number of rotatable bonds is 1. The zero-order valence-corrected chi connectivity index (χ0v) is 7.01. The summed E-state index contributed by atoms with van der Waals surface area (Å²) in [5.74, 6) is 0. The molecule has 1 rings (SSSR count). The second-order valence-electron chi connectivity index (χ2n) is 1.96. The number of anilines is 1. The molecule has 0 heterocycles. The lowest BCUT2D eigenvalue weighted by Crippen LogP contribution is -1.82. The van der Waals surface area contributed by atoms with Crippen LogP contribution in [-0.2, 0) is 0 Å². The van der Waals surface area contributed by atoms with Gasteiger partial charge in [-0.15, -0.1) is 0 Å². The second kappa shape index (κ2) is 3.42. The fourth-order valence-electron chi connectivity index (χ4n) is 0.735. The van der Waals surface area contributed by atoms with E-state index in [0.29, 0.717) is 0 Å². The number of halogens is 1. The Balaban J connectivity index is 2.95. The Morgan fingerprint density at radius 2 is 2.20 bits per heavy atom. The quantitative estimate of drug-likeness (QED) is 0.689. The summed E-state index contributed by atoms with van der Waals surface area (Å²) >= 11 is 3.19. The van der Waals surface area contributed by atoms with Crippen molar-refractivity contribution >= 4 is 27.7 Å². The van der Waals surface area contributed by atoms with Crippen molar-refractivity contribution in [2.24, 2.45) is 0 Å². The fourth-order valence-corrected chi connectivity index (χ4v) is 1.04. The monoisotopic (exact) mass is 197 g/mol. The van der Waals surface area contributed by atoms with Gasteiger partial charge in [0, 0.05) is 5.69 Å². The maximum absolute atomic E-state index is 5.54. The van der Waals surface area contributed by atoms with Crippen molar-refractivity contribution in [1.29, 1.82) is 0 Å². The van der Waals surface area contributed by atoms with Crippen LogP contribution in [0.25, 0.3) is 6.08 Å². The number of hydrogen-bond acceptors (Lipinski definition) is 1. The van der Waals surface area contributed by atoms with E-state index < -0.39 is 0 Å². The smallest absolute Gasteiger partial charge is 0.0319 e. The molecule has 0 unspecified atom stereocenters. The third-order valence-corrected chi connectivity index (χ3v) is 1.43. The minimum Gasteiger partial charge on any atom is -0.399 e. The minimum absolute atomic E-state index is 0.795. The molecule has 0 saturated carbocycles. The lowest BCUT2D eigenvalue weighted by molar-refractivity contribution is 1.65. The molecule has 0 aromatic heterocycles. The van der Waals surface area contributed by atoms with Crippen LogP contribution in [0.2, 0.25) is 0 Å². The van der Waals surface area contributed by atoms with E-state index in [4.69, 9.17) is 5.73 Å². The zero-order valence-electron chi connectivity index (χ0n) is 5.42. The largest absolute Gasteiger partial charge is 0.399 e. The molecule has 0 bridgehead atoms. The van der Waals surface area contributed by atoms with Gasteiger partial charge in [-0.1, -0.05) is 28.1 Å². The van der Waals surface area contributed by atoms with E-state index in [1.807, 2.05) is 35.3 Å². The third kappa shape index (κ3) is 1.88. The highest BCUT2D eigenvalue weighted by molar-refractivity contribution is 9.11.